The van der Waals surface area contributed by atoms with Gasteiger partial charge in [0.05, 0.1) is 0 Å². The third kappa shape index (κ3) is 3.71. The van der Waals surface area contributed by atoms with Gasteiger partial charge in [0.25, 0.3) is 0 Å². The number of hydrogen-bond donors (Lipinski definition) is 1. The fourth-order valence-corrected chi connectivity index (χ4v) is 2.67. The maximum Gasteiger partial charge on any atom is 0.122 e. The van der Waals surface area contributed by atoms with Crippen LogP contribution in [0.25, 0.3) is 0 Å². The SMILES string of the molecule is Cc1ccccc1OCC(N)C1CCN(C(C)C)C1. The number of nitrogens with two attached hydrogens (primary N) is 1. The highest BCUT2D eigenvalue weighted by atomic mass is 16.5. The number of likely N-dealkylation sites (tertiary alicyclic amines) is 1. The van der Waals surface area contributed by atoms with Crippen molar-refractivity contribution in [3.05, 3.63) is 29.8 Å². The predicted molar refractivity (Wildman–Crippen MR) is 79.5 cm³/mol. The van der Waals surface area contributed by atoms with Crippen molar-refractivity contribution < 1.29 is 4.74 Å². The van der Waals surface area contributed by atoms with E-state index in [1.807, 2.05) is 18.2 Å². The number of para-hydroxylation sites is 1. The van der Waals surface area contributed by atoms with Crippen molar-refractivity contribution in [3.8, 4) is 5.75 Å². The molecule has 106 valence electrons. The molecule has 2 unspecified atom stereocenters. The fourth-order valence-electron chi connectivity index (χ4n) is 2.67. The average molecular weight is 262 g/mol. The zero-order chi connectivity index (χ0) is 13.8. The van der Waals surface area contributed by atoms with Gasteiger partial charge in [0.1, 0.15) is 12.4 Å². The number of rotatable bonds is 5. The second-order valence-corrected chi connectivity index (χ2v) is 5.88. The van der Waals surface area contributed by atoms with E-state index in [-0.39, 0.29) is 6.04 Å². The minimum Gasteiger partial charge on any atom is -0.492 e. The highest BCUT2D eigenvalue weighted by molar-refractivity contribution is 5.31. The monoisotopic (exact) mass is 262 g/mol. The molecule has 0 bridgehead atoms. The molecular formula is C16H26N2O. The summed E-state index contributed by atoms with van der Waals surface area (Å²) in [5, 5.41) is 0. The zero-order valence-corrected chi connectivity index (χ0v) is 12.3. The zero-order valence-electron chi connectivity index (χ0n) is 12.3. The van der Waals surface area contributed by atoms with Crippen molar-refractivity contribution >= 4 is 0 Å². The molecule has 1 aromatic carbocycles. The highest BCUT2D eigenvalue weighted by Gasteiger charge is 2.28. The van der Waals surface area contributed by atoms with Crippen LogP contribution in [-0.2, 0) is 0 Å². The molecule has 3 heteroatoms. The van der Waals surface area contributed by atoms with Gasteiger partial charge in [-0.1, -0.05) is 18.2 Å². The standard InChI is InChI=1S/C16H26N2O/c1-12(2)18-9-8-14(10-18)15(17)11-19-16-7-5-4-6-13(16)3/h4-7,12,14-15H,8-11,17H2,1-3H3. The van der Waals surface area contributed by atoms with Crippen LogP contribution >= 0.6 is 0 Å². The van der Waals surface area contributed by atoms with Gasteiger partial charge < -0.3 is 15.4 Å². The van der Waals surface area contributed by atoms with E-state index in [1.165, 1.54) is 18.5 Å². The van der Waals surface area contributed by atoms with Crippen LogP contribution in [0.2, 0.25) is 0 Å². The summed E-state index contributed by atoms with van der Waals surface area (Å²) in [7, 11) is 0. The van der Waals surface area contributed by atoms with Gasteiger partial charge in [-0.25, -0.2) is 0 Å². The Labute approximate surface area is 116 Å². The van der Waals surface area contributed by atoms with E-state index in [1.54, 1.807) is 0 Å². The Morgan fingerprint density at radius 1 is 1.37 bits per heavy atom. The summed E-state index contributed by atoms with van der Waals surface area (Å²) in [6.07, 6.45) is 1.19. The Morgan fingerprint density at radius 2 is 2.11 bits per heavy atom. The first-order chi connectivity index (χ1) is 9.08. The Kier molecular flexibility index (Phi) is 4.83. The topological polar surface area (TPSA) is 38.5 Å². The second-order valence-electron chi connectivity index (χ2n) is 5.88. The molecule has 0 amide bonds. The smallest absolute Gasteiger partial charge is 0.122 e. The van der Waals surface area contributed by atoms with Crippen LogP contribution in [0, 0.1) is 12.8 Å². The molecule has 1 aliphatic heterocycles. The summed E-state index contributed by atoms with van der Waals surface area (Å²) in [6, 6.07) is 8.86. The summed E-state index contributed by atoms with van der Waals surface area (Å²) in [4.78, 5) is 2.50. The number of benzene rings is 1. The molecule has 1 heterocycles. The lowest BCUT2D eigenvalue weighted by molar-refractivity contribution is 0.224. The summed E-state index contributed by atoms with van der Waals surface area (Å²) in [5.74, 6) is 1.52. The molecular weight excluding hydrogens is 236 g/mol. The van der Waals surface area contributed by atoms with Crippen LogP contribution in [0.15, 0.2) is 24.3 Å². The first-order valence-electron chi connectivity index (χ1n) is 7.26. The van der Waals surface area contributed by atoms with Crippen LogP contribution in [0.3, 0.4) is 0 Å². The summed E-state index contributed by atoms with van der Waals surface area (Å²) in [5.41, 5.74) is 7.46. The molecule has 3 nitrogen and oxygen atoms in total. The van der Waals surface area contributed by atoms with Crippen molar-refractivity contribution in [2.45, 2.75) is 39.3 Å². The van der Waals surface area contributed by atoms with E-state index < -0.39 is 0 Å². The summed E-state index contributed by atoms with van der Waals surface area (Å²) in [6.45, 7) is 9.45. The lowest BCUT2D eigenvalue weighted by atomic mass is 10.0. The lowest BCUT2D eigenvalue weighted by Gasteiger charge is -2.23. The third-order valence-electron chi connectivity index (χ3n) is 4.12. The van der Waals surface area contributed by atoms with Gasteiger partial charge >= 0.3 is 0 Å². The van der Waals surface area contributed by atoms with E-state index in [0.29, 0.717) is 18.6 Å². The van der Waals surface area contributed by atoms with Crippen molar-refractivity contribution in [3.63, 3.8) is 0 Å². The Bertz CT molecular complexity index is 405. The van der Waals surface area contributed by atoms with Crippen LogP contribution < -0.4 is 10.5 Å². The maximum atomic E-state index is 6.29. The number of nitrogens with zero attached hydrogens (tertiary/aromatic N) is 1. The van der Waals surface area contributed by atoms with Gasteiger partial charge in [0, 0.05) is 18.6 Å². The van der Waals surface area contributed by atoms with Gasteiger partial charge in [-0.3, -0.25) is 0 Å². The average Bonchev–Trinajstić information content (AvgIpc) is 2.87. The molecule has 0 aliphatic carbocycles. The van der Waals surface area contributed by atoms with Crippen molar-refractivity contribution in [1.82, 2.24) is 4.90 Å². The van der Waals surface area contributed by atoms with E-state index in [2.05, 4.69) is 31.7 Å². The molecule has 1 fully saturated rings. The van der Waals surface area contributed by atoms with Crippen molar-refractivity contribution in [2.75, 3.05) is 19.7 Å². The van der Waals surface area contributed by atoms with Gasteiger partial charge in [0.15, 0.2) is 0 Å². The number of aryl methyl sites for hydroxylation is 1. The summed E-state index contributed by atoms with van der Waals surface area (Å²) >= 11 is 0. The number of ether oxygens (including phenoxy) is 1. The van der Waals surface area contributed by atoms with Crippen LogP contribution in [0.1, 0.15) is 25.8 Å². The molecule has 1 saturated heterocycles. The molecule has 2 atom stereocenters. The largest absolute Gasteiger partial charge is 0.492 e. The van der Waals surface area contributed by atoms with Gasteiger partial charge in [-0.05, 0) is 51.3 Å². The molecule has 1 aliphatic rings. The first-order valence-corrected chi connectivity index (χ1v) is 7.26. The van der Waals surface area contributed by atoms with Crippen LogP contribution in [0.4, 0.5) is 0 Å². The highest BCUT2D eigenvalue weighted by Crippen LogP contribution is 2.22. The summed E-state index contributed by atoms with van der Waals surface area (Å²) < 4.78 is 5.86. The first kappa shape index (κ1) is 14.4. The Balaban J connectivity index is 1.82. The van der Waals surface area contributed by atoms with Crippen molar-refractivity contribution in [2.24, 2.45) is 11.7 Å². The lowest BCUT2D eigenvalue weighted by Crippen LogP contribution is -2.38. The van der Waals surface area contributed by atoms with Crippen molar-refractivity contribution in [1.29, 1.82) is 0 Å². The molecule has 0 aromatic heterocycles. The predicted octanol–water partition coefficient (Wildman–Crippen LogP) is 2.43. The molecule has 0 radical (unpaired) electrons. The molecule has 2 rings (SSSR count). The molecule has 1 aromatic rings. The van der Waals surface area contributed by atoms with E-state index in [0.717, 1.165) is 12.3 Å². The Morgan fingerprint density at radius 3 is 2.74 bits per heavy atom. The van der Waals surface area contributed by atoms with E-state index in [4.69, 9.17) is 10.5 Å². The fraction of sp³-hybridized carbons (Fsp3) is 0.625. The molecule has 19 heavy (non-hydrogen) atoms. The maximum absolute atomic E-state index is 6.29. The third-order valence-corrected chi connectivity index (χ3v) is 4.12. The quantitative estimate of drug-likeness (QED) is 0.885. The minimum absolute atomic E-state index is 0.128. The minimum atomic E-state index is 0.128. The van der Waals surface area contributed by atoms with Gasteiger partial charge in [-0.15, -0.1) is 0 Å². The van der Waals surface area contributed by atoms with Crippen LogP contribution in [0.5, 0.6) is 5.75 Å². The van der Waals surface area contributed by atoms with Crippen LogP contribution in [-0.4, -0.2) is 36.7 Å². The molecule has 0 saturated carbocycles. The van der Waals surface area contributed by atoms with E-state index >= 15 is 0 Å². The normalized spacial score (nSPS) is 21.8. The number of hydrogen-bond acceptors (Lipinski definition) is 3. The van der Waals surface area contributed by atoms with Gasteiger partial charge in [-0.2, -0.15) is 0 Å². The van der Waals surface area contributed by atoms with E-state index in [9.17, 15) is 0 Å². The van der Waals surface area contributed by atoms with Gasteiger partial charge in [0.2, 0.25) is 0 Å². The second kappa shape index (κ2) is 6.40. The molecule has 2 N–H and O–H groups in total. The Hall–Kier alpha value is -1.06. The molecule has 0 spiro atoms.